The topological polar surface area (TPSA) is 26.3 Å². The van der Waals surface area contributed by atoms with Gasteiger partial charge in [-0.05, 0) is 31.4 Å². The van der Waals surface area contributed by atoms with Crippen molar-refractivity contribution in [1.29, 1.82) is 0 Å². The van der Waals surface area contributed by atoms with Gasteiger partial charge in [0.2, 0.25) is 0 Å². The summed E-state index contributed by atoms with van der Waals surface area (Å²) in [6, 6.07) is 0. The molecule has 1 saturated carbocycles. The van der Waals surface area contributed by atoms with Crippen LogP contribution in [0.2, 0.25) is 0 Å². The Bertz CT molecular complexity index is 193. The average molecular weight is 186 g/mol. The Kier molecular flexibility index (Phi) is 2.07. The van der Waals surface area contributed by atoms with Crippen LogP contribution in [0.25, 0.3) is 0 Å². The molecule has 0 aromatic rings. The van der Waals surface area contributed by atoms with Gasteiger partial charge in [-0.1, -0.05) is 0 Å². The van der Waals surface area contributed by atoms with E-state index in [-0.39, 0.29) is 11.4 Å². The van der Waals surface area contributed by atoms with Crippen LogP contribution in [-0.4, -0.2) is 24.1 Å². The van der Waals surface area contributed by atoms with Crippen molar-refractivity contribution in [3.63, 3.8) is 0 Å². The molecule has 0 N–H and O–H groups in total. The highest BCUT2D eigenvalue weighted by Crippen LogP contribution is 2.57. The van der Waals surface area contributed by atoms with Gasteiger partial charge in [-0.3, -0.25) is 4.79 Å². The highest BCUT2D eigenvalue weighted by atomic mass is 32.2. The molecule has 68 valence electrons. The van der Waals surface area contributed by atoms with Gasteiger partial charge in [0.05, 0.1) is 12.5 Å². The van der Waals surface area contributed by atoms with Gasteiger partial charge in [0.25, 0.3) is 0 Å². The standard InChI is InChI=1S/C9H14O2S/c1-11-8(10)9(4-5-9)7-3-2-6-12-7/h7H,2-6H2,1H3. The van der Waals surface area contributed by atoms with Gasteiger partial charge in [0.1, 0.15) is 0 Å². The minimum Gasteiger partial charge on any atom is -0.469 e. The van der Waals surface area contributed by atoms with Crippen LogP contribution in [0.15, 0.2) is 0 Å². The molecule has 0 radical (unpaired) electrons. The minimum absolute atomic E-state index is 0.0295. The van der Waals surface area contributed by atoms with Crippen LogP contribution >= 0.6 is 11.8 Å². The van der Waals surface area contributed by atoms with Crippen LogP contribution < -0.4 is 0 Å². The molecule has 2 rings (SSSR count). The molecular formula is C9H14O2S. The number of rotatable bonds is 2. The normalized spacial score (nSPS) is 31.6. The first-order valence-electron chi connectivity index (χ1n) is 4.49. The Labute approximate surface area is 77.0 Å². The van der Waals surface area contributed by atoms with E-state index in [0.717, 1.165) is 12.8 Å². The van der Waals surface area contributed by atoms with Gasteiger partial charge in [-0.25, -0.2) is 0 Å². The summed E-state index contributed by atoms with van der Waals surface area (Å²) >= 11 is 1.95. The molecule has 2 fully saturated rings. The monoisotopic (exact) mass is 186 g/mol. The van der Waals surface area contributed by atoms with Gasteiger partial charge in [0, 0.05) is 5.25 Å². The van der Waals surface area contributed by atoms with Crippen LogP contribution in [0.3, 0.4) is 0 Å². The van der Waals surface area contributed by atoms with Crippen molar-refractivity contribution in [2.24, 2.45) is 5.41 Å². The Balaban J connectivity index is 2.05. The van der Waals surface area contributed by atoms with Crippen molar-refractivity contribution in [2.45, 2.75) is 30.9 Å². The van der Waals surface area contributed by atoms with Crippen LogP contribution in [0, 0.1) is 5.41 Å². The summed E-state index contributed by atoms with van der Waals surface area (Å²) in [7, 11) is 1.50. The Morgan fingerprint density at radius 1 is 1.58 bits per heavy atom. The van der Waals surface area contributed by atoms with Gasteiger partial charge in [-0.15, -0.1) is 0 Å². The lowest BCUT2D eigenvalue weighted by atomic mass is 9.99. The number of carbonyl (C=O) groups excluding carboxylic acids is 1. The maximum atomic E-state index is 11.4. The second-order valence-corrected chi connectivity index (χ2v) is 4.96. The van der Waals surface area contributed by atoms with Crippen LogP contribution in [-0.2, 0) is 9.53 Å². The molecule has 1 atom stereocenters. The SMILES string of the molecule is COC(=O)C1(C2CCCS2)CC1. The zero-order valence-corrected chi connectivity index (χ0v) is 8.15. The van der Waals surface area contributed by atoms with E-state index in [1.807, 2.05) is 11.8 Å². The second-order valence-electron chi connectivity index (χ2n) is 3.65. The van der Waals surface area contributed by atoms with E-state index < -0.39 is 0 Å². The van der Waals surface area contributed by atoms with E-state index in [2.05, 4.69) is 0 Å². The summed E-state index contributed by atoms with van der Waals surface area (Å²) in [6.45, 7) is 0. The van der Waals surface area contributed by atoms with E-state index in [1.54, 1.807) is 0 Å². The zero-order chi connectivity index (χ0) is 8.60. The molecule has 1 unspecified atom stereocenters. The quantitative estimate of drug-likeness (QED) is 0.615. The number of esters is 1. The largest absolute Gasteiger partial charge is 0.469 e. The molecule has 3 heteroatoms. The third-order valence-corrected chi connectivity index (χ3v) is 4.54. The molecule has 1 saturated heterocycles. The van der Waals surface area contributed by atoms with E-state index in [1.165, 1.54) is 25.7 Å². The maximum Gasteiger partial charge on any atom is 0.312 e. The summed E-state index contributed by atoms with van der Waals surface area (Å²) in [6.07, 6.45) is 4.59. The third kappa shape index (κ3) is 1.15. The first-order chi connectivity index (χ1) is 5.79. The summed E-state index contributed by atoms with van der Waals surface area (Å²) in [4.78, 5) is 11.4. The smallest absolute Gasteiger partial charge is 0.312 e. The fraction of sp³-hybridized carbons (Fsp3) is 0.889. The zero-order valence-electron chi connectivity index (χ0n) is 7.34. The number of carbonyl (C=O) groups is 1. The van der Waals surface area contributed by atoms with Crippen LogP contribution in [0.1, 0.15) is 25.7 Å². The van der Waals surface area contributed by atoms with Gasteiger partial charge < -0.3 is 4.74 Å². The number of hydrogen-bond acceptors (Lipinski definition) is 3. The van der Waals surface area contributed by atoms with E-state index in [0.29, 0.717) is 5.25 Å². The molecule has 0 spiro atoms. The summed E-state index contributed by atoms with van der Waals surface area (Å²) in [5.41, 5.74) is -0.0596. The van der Waals surface area contributed by atoms with Crippen molar-refractivity contribution >= 4 is 17.7 Å². The Hall–Kier alpha value is -0.180. The molecular weight excluding hydrogens is 172 g/mol. The number of ether oxygens (including phenoxy) is 1. The molecule has 0 aromatic carbocycles. The minimum atomic E-state index is -0.0596. The maximum absolute atomic E-state index is 11.4. The summed E-state index contributed by atoms with van der Waals surface area (Å²) in [5.74, 6) is 1.26. The second kappa shape index (κ2) is 2.95. The average Bonchev–Trinajstić information content (AvgIpc) is 2.73. The van der Waals surface area contributed by atoms with Crippen LogP contribution in [0.5, 0.6) is 0 Å². The van der Waals surface area contributed by atoms with E-state index in [9.17, 15) is 4.79 Å². The van der Waals surface area contributed by atoms with Crippen molar-refractivity contribution < 1.29 is 9.53 Å². The van der Waals surface area contributed by atoms with E-state index >= 15 is 0 Å². The fourth-order valence-electron chi connectivity index (χ4n) is 2.01. The van der Waals surface area contributed by atoms with Gasteiger partial charge >= 0.3 is 5.97 Å². The number of thioether (sulfide) groups is 1. The van der Waals surface area contributed by atoms with Crippen LogP contribution in [0.4, 0.5) is 0 Å². The van der Waals surface area contributed by atoms with Crippen molar-refractivity contribution in [2.75, 3.05) is 12.9 Å². The molecule has 0 amide bonds. The lowest BCUT2D eigenvalue weighted by Crippen LogP contribution is -2.27. The molecule has 1 aliphatic heterocycles. The lowest BCUT2D eigenvalue weighted by molar-refractivity contribution is -0.147. The molecule has 12 heavy (non-hydrogen) atoms. The number of methoxy groups -OCH3 is 1. The highest BCUT2D eigenvalue weighted by molar-refractivity contribution is 8.00. The molecule has 1 aliphatic carbocycles. The third-order valence-electron chi connectivity index (χ3n) is 2.93. The molecule has 0 aromatic heterocycles. The predicted molar refractivity (Wildman–Crippen MR) is 49.2 cm³/mol. The van der Waals surface area contributed by atoms with Crippen molar-refractivity contribution in [1.82, 2.24) is 0 Å². The first kappa shape index (κ1) is 8.42. The number of hydrogen-bond donors (Lipinski definition) is 0. The van der Waals surface area contributed by atoms with E-state index in [4.69, 9.17) is 4.74 Å². The molecule has 0 bridgehead atoms. The summed E-state index contributed by atoms with van der Waals surface area (Å²) in [5, 5.41) is 0.560. The fourth-order valence-corrected chi connectivity index (χ4v) is 3.61. The first-order valence-corrected chi connectivity index (χ1v) is 5.54. The molecule has 1 heterocycles. The van der Waals surface area contributed by atoms with Gasteiger partial charge in [0.15, 0.2) is 0 Å². The lowest BCUT2D eigenvalue weighted by Gasteiger charge is -2.18. The Morgan fingerprint density at radius 2 is 2.33 bits per heavy atom. The predicted octanol–water partition coefficient (Wildman–Crippen LogP) is 1.84. The molecule has 2 aliphatic rings. The Morgan fingerprint density at radius 3 is 2.75 bits per heavy atom. The highest BCUT2D eigenvalue weighted by Gasteiger charge is 2.57. The van der Waals surface area contributed by atoms with Crippen molar-refractivity contribution in [3.05, 3.63) is 0 Å². The van der Waals surface area contributed by atoms with Crippen molar-refractivity contribution in [3.8, 4) is 0 Å². The van der Waals surface area contributed by atoms with Gasteiger partial charge in [-0.2, -0.15) is 11.8 Å². The molecule has 2 nitrogen and oxygen atoms in total. The summed E-state index contributed by atoms with van der Waals surface area (Å²) < 4.78 is 4.84.